The minimum atomic E-state index is 0.101. The molecule has 0 aliphatic heterocycles. The molecule has 0 saturated carbocycles. The van der Waals surface area contributed by atoms with E-state index in [-0.39, 0.29) is 6.04 Å². The van der Waals surface area contributed by atoms with Crippen molar-refractivity contribution in [3.8, 4) is 0 Å². The summed E-state index contributed by atoms with van der Waals surface area (Å²) in [5.41, 5.74) is 7.53. The molecule has 2 aromatic rings. The van der Waals surface area contributed by atoms with Crippen molar-refractivity contribution in [1.29, 1.82) is 0 Å². The highest BCUT2D eigenvalue weighted by Crippen LogP contribution is 2.25. The molecule has 2 rings (SSSR count). The third kappa shape index (κ3) is 4.10. The van der Waals surface area contributed by atoms with E-state index in [1.807, 2.05) is 23.1 Å². The third-order valence-corrected chi connectivity index (χ3v) is 5.25. The average Bonchev–Trinajstić information content (AvgIpc) is 2.87. The summed E-state index contributed by atoms with van der Waals surface area (Å²) in [7, 11) is 0. The van der Waals surface area contributed by atoms with Gasteiger partial charge in [-0.3, -0.25) is 0 Å². The van der Waals surface area contributed by atoms with Gasteiger partial charge in [0.15, 0.2) is 0 Å². The molecule has 1 heterocycles. The maximum atomic E-state index is 6.30. The maximum absolute atomic E-state index is 6.30. The van der Waals surface area contributed by atoms with Crippen LogP contribution in [0.1, 0.15) is 35.2 Å². The maximum Gasteiger partial charge on any atom is 0.0343 e. The molecule has 2 N–H and O–H groups in total. The fourth-order valence-electron chi connectivity index (χ4n) is 2.03. The zero-order valence-corrected chi connectivity index (χ0v) is 13.2. The fourth-order valence-corrected chi connectivity index (χ4v) is 3.71. The van der Waals surface area contributed by atoms with Crippen molar-refractivity contribution in [3.05, 3.63) is 51.7 Å². The summed E-state index contributed by atoms with van der Waals surface area (Å²) in [6, 6.07) is 13.2. The van der Waals surface area contributed by atoms with Crippen molar-refractivity contribution in [2.45, 2.75) is 37.6 Å². The van der Waals surface area contributed by atoms with Crippen molar-refractivity contribution in [3.63, 3.8) is 0 Å². The van der Waals surface area contributed by atoms with Gasteiger partial charge < -0.3 is 5.73 Å². The Hall–Kier alpha value is -0.770. The van der Waals surface area contributed by atoms with Crippen LogP contribution in [-0.2, 0) is 12.8 Å². The molecule has 3 heteroatoms. The Labute approximate surface area is 124 Å². The molecular weight excluding hydrogens is 270 g/mol. The Morgan fingerprint density at radius 2 is 1.74 bits per heavy atom. The second-order valence-corrected chi connectivity index (χ2v) is 7.12. The largest absolute Gasteiger partial charge is 0.324 e. The number of thiophene rings is 1. The highest BCUT2D eigenvalue weighted by molar-refractivity contribution is 7.99. The van der Waals surface area contributed by atoms with Gasteiger partial charge in [0, 0.05) is 27.1 Å². The van der Waals surface area contributed by atoms with Crippen LogP contribution in [0, 0.1) is 0 Å². The number of benzene rings is 1. The van der Waals surface area contributed by atoms with E-state index < -0.39 is 0 Å². The molecule has 1 atom stereocenters. The Morgan fingerprint density at radius 3 is 2.32 bits per heavy atom. The molecule has 1 aromatic carbocycles. The summed E-state index contributed by atoms with van der Waals surface area (Å²) >= 11 is 3.75. The van der Waals surface area contributed by atoms with Gasteiger partial charge in [0.25, 0.3) is 0 Å². The van der Waals surface area contributed by atoms with E-state index in [0.29, 0.717) is 0 Å². The van der Waals surface area contributed by atoms with E-state index in [9.17, 15) is 0 Å². The van der Waals surface area contributed by atoms with E-state index in [1.54, 1.807) is 0 Å². The molecular formula is C16H21NS2. The number of rotatable bonds is 6. The first kappa shape index (κ1) is 14.6. The molecule has 0 fully saturated rings. The summed E-state index contributed by atoms with van der Waals surface area (Å²) in [4.78, 5) is 4.15. The van der Waals surface area contributed by atoms with Crippen LogP contribution in [0.3, 0.4) is 0 Å². The van der Waals surface area contributed by atoms with Crippen molar-refractivity contribution >= 4 is 23.1 Å². The number of aryl methyl sites for hydroxylation is 1. The van der Waals surface area contributed by atoms with Crippen LogP contribution < -0.4 is 5.73 Å². The summed E-state index contributed by atoms with van der Waals surface area (Å²) < 4.78 is 0. The number of hydrogen-bond acceptors (Lipinski definition) is 3. The number of nitrogens with two attached hydrogens (primary N) is 1. The number of thioether (sulfide) groups is 1. The molecule has 0 saturated heterocycles. The van der Waals surface area contributed by atoms with Crippen molar-refractivity contribution in [1.82, 2.24) is 0 Å². The summed E-state index contributed by atoms with van der Waals surface area (Å²) in [6.45, 7) is 4.37. The van der Waals surface area contributed by atoms with Gasteiger partial charge in [-0.1, -0.05) is 26.0 Å². The monoisotopic (exact) mass is 291 g/mol. The van der Waals surface area contributed by atoms with Gasteiger partial charge in [0.2, 0.25) is 0 Å². The smallest absolute Gasteiger partial charge is 0.0343 e. The minimum absolute atomic E-state index is 0.101. The fraction of sp³-hybridized carbons (Fsp3) is 0.375. The predicted molar refractivity (Wildman–Crippen MR) is 87.2 cm³/mol. The van der Waals surface area contributed by atoms with E-state index in [4.69, 9.17) is 5.73 Å². The summed E-state index contributed by atoms with van der Waals surface area (Å²) in [5, 5.41) is 0. The average molecular weight is 291 g/mol. The van der Waals surface area contributed by atoms with Crippen molar-refractivity contribution in [2.75, 3.05) is 5.75 Å². The van der Waals surface area contributed by atoms with Gasteiger partial charge in [0.05, 0.1) is 0 Å². The standard InChI is InChI=1S/C16H21NS2/c1-3-13-9-10-15(19-13)11-16(17)12-5-7-14(8-6-12)18-4-2/h5-10,16H,3-4,11,17H2,1-2H3. The van der Waals surface area contributed by atoms with Gasteiger partial charge in [-0.15, -0.1) is 23.1 Å². The van der Waals surface area contributed by atoms with Crippen LogP contribution in [0.5, 0.6) is 0 Å². The van der Waals surface area contributed by atoms with E-state index >= 15 is 0 Å². The molecule has 1 unspecified atom stereocenters. The zero-order valence-electron chi connectivity index (χ0n) is 11.6. The molecule has 0 amide bonds. The molecule has 19 heavy (non-hydrogen) atoms. The first-order valence-electron chi connectivity index (χ1n) is 6.78. The summed E-state index contributed by atoms with van der Waals surface area (Å²) in [6.07, 6.45) is 2.05. The highest BCUT2D eigenvalue weighted by atomic mass is 32.2. The topological polar surface area (TPSA) is 26.0 Å². The van der Waals surface area contributed by atoms with Gasteiger partial charge >= 0.3 is 0 Å². The van der Waals surface area contributed by atoms with Crippen LogP contribution in [0.25, 0.3) is 0 Å². The SMILES string of the molecule is CCSc1ccc(C(N)Cc2ccc(CC)s2)cc1. The van der Waals surface area contributed by atoms with Gasteiger partial charge in [-0.05, 0) is 42.0 Å². The van der Waals surface area contributed by atoms with E-state index in [2.05, 4.69) is 50.2 Å². The molecule has 0 spiro atoms. The third-order valence-electron chi connectivity index (χ3n) is 3.11. The molecule has 0 bridgehead atoms. The predicted octanol–water partition coefficient (Wildman–Crippen LogP) is 4.67. The van der Waals surface area contributed by atoms with Crippen LogP contribution in [0.15, 0.2) is 41.3 Å². The molecule has 102 valence electrons. The zero-order chi connectivity index (χ0) is 13.7. The second kappa shape index (κ2) is 7.13. The van der Waals surface area contributed by atoms with Crippen LogP contribution in [-0.4, -0.2) is 5.75 Å². The second-order valence-electron chi connectivity index (χ2n) is 4.53. The minimum Gasteiger partial charge on any atom is -0.324 e. The molecule has 0 radical (unpaired) electrons. The highest BCUT2D eigenvalue weighted by Gasteiger charge is 2.09. The Morgan fingerprint density at radius 1 is 1.05 bits per heavy atom. The van der Waals surface area contributed by atoms with Gasteiger partial charge in [-0.2, -0.15) is 0 Å². The first-order chi connectivity index (χ1) is 9.22. The molecule has 1 nitrogen and oxygen atoms in total. The van der Waals surface area contributed by atoms with E-state index in [1.165, 1.54) is 20.2 Å². The quantitative estimate of drug-likeness (QED) is 0.783. The molecule has 1 aromatic heterocycles. The Kier molecular flexibility index (Phi) is 5.49. The normalized spacial score (nSPS) is 12.6. The lowest BCUT2D eigenvalue weighted by Gasteiger charge is -2.11. The number of hydrogen-bond donors (Lipinski definition) is 1. The van der Waals surface area contributed by atoms with Crippen molar-refractivity contribution < 1.29 is 0 Å². The lowest BCUT2D eigenvalue weighted by Crippen LogP contribution is -2.12. The van der Waals surface area contributed by atoms with Crippen LogP contribution >= 0.6 is 23.1 Å². The van der Waals surface area contributed by atoms with Gasteiger partial charge in [-0.25, -0.2) is 0 Å². The Bertz CT molecular complexity index is 502. The summed E-state index contributed by atoms with van der Waals surface area (Å²) in [5.74, 6) is 1.11. The Balaban J connectivity index is 2.00. The molecule has 0 aliphatic rings. The van der Waals surface area contributed by atoms with Gasteiger partial charge in [0.1, 0.15) is 0 Å². The lowest BCUT2D eigenvalue weighted by molar-refractivity contribution is 0.729. The lowest BCUT2D eigenvalue weighted by atomic mass is 10.0. The van der Waals surface area contributed by atoms with Crippen molar-refractivity contribution in [2.24, 2.45) is 5.73 Å². The molecule has 0 aliphatic carbocycles. The van der Waals surface area contributed by atoms with E-state index in [0.717, 1.165) is 18.6 Å². The first-order valence-corrected chi connectivity index (χ1v) is 8.59. The van der Waals surface area contributed by atoms with Crippen LogP contribution in [0.2, 0.25) is 0 Å². The van der Waals surface area contributed by atoms with Crippen LogP contribution in [0.4, 0.5) is 0 Å².